The maximum absolute atomic E-state index is 10.7. The fourth-order valence-electron chi connectivity index (χ4n) is 3.02. The number of rotatable bonds is 2. The van der Waals surface area contributed by atoms with Crippen LogP contribution in [0.3, 0.4) is 0 Å². The minimum absolute atomic E-state index is 0.172. The standard InChI is InChI=1S/C19H22O2/c1-13-10-11-14(2)18(12-13)21-17-9-5-7-15-6-3-4-8-16(15)19(17)20/h3-4,6,8,10-12,17,19-20H,5,7,9H2,1-2H3. The van der Waals surface area contributed by atoms with Crippen LogP contribution in [0.25, 0.3) is 0 Å². The van der Waals surface area contributed by atoms with Crippen molar-refractivity contribution in [2.45, 2.75) is 45.3 Å². The molecule has 2 nitrogen and oxygen atoms in total. The van der Waals surface area contributed by atoms with Crippen molar-refractivity contribution in [2.24, 2.45) is 0 Å². The van der Waals surface area contributed by atoms with Crippen LogP contribution in [0, 0.1) is 13.8 Å². The maximum atomic E-state index is 10.7. The zero-order valence-electron chi connectivity index (χ0n) is 12.7. The summed E-state index contributed by atoms with van der Waals surface area (Å²) in [4.78, 5) is 0. The molecule has 0 bridgehead atoms. The van der Waals surface area contributed by atoms with E-state index in [-0.39, 0.29) is 6.10 Å². The van der Waals surface area contributed by atoms with Gasteiger partial charge in [-0.25, -0.2) is 0 Å². The topological polar surface area (TPSA) is 29.5 Å². The Morgan fingerprint density at radius 1 is 1.10 bits per heavy atom. The van der Waals surface area contributed by atoms with Crippen LogP contribution in [0.5, 0.6) is 5.75 Å². The molecular weight excluding hydrogens is 260 g/mol. The minimum atomic E-state index is -0.552. The summed E-state index contributed by atoms with van der Waals surface area (Å²) in [6, 6.07) is 14.4. The average Bonchev–Trinajstić information content (AvgIpc) is 2.64. The monoisotopic (exact) mass is 282 g/mol. The molecule has 1 aliphatic carbocycles. The SMILES string of the molecule is Cc1ccc(C)c(OC2CCCc3ccccc3C2O)c1. The van der Waals surface area contributed by atoms with Gasteiger partial charge in [-0.3, -0.25) is 0 Å². The molecule has 0 fully saturated rings. The molecule has 0 saturated heterocycles. The van der Waals surface area contributed by atoms with Gasteiger partial charge in [-0.05, 0) is 61.4 Å². The molecule has 2 atom stereocenters. The highest BCUT2D eigenvalue weighted by atomic mass is 16.5. The van der Waals surface area contributed by atoms with E-state index in [4.69, 9.17) is 4.74 Å². The molecule has 110 valence electrons. The molecular formula is C19H22O2. The van der Waals surface area contributed by atoms with Crippen LogP contribution in [-0.2, 0) is 6.42 Å². The van der Waals surface area contributed by atoms with Gasteiger partial charge >= 0.3 is 0 Å². The third-order valence-electron chi connectivity index (χ3n) is 4.28. The molecule has 0 aromatic heterocycles. The second kappa shape index (κ2) is 5.90. The number of fused-ring (bicyclic) bond motifs is 1. The van der Waals surface area contributed by atoms with E-state index >= 15 is 0 Å². The highest BCUT2D eigenvalue weighted by molar-refractivity contribution is 5.37. The molecule has 0 aliphatic heterocycles. The van der Waals surface area contributed by atoms with Crippen molar-refractivity contribution in [1.29, 1.82) is 0 Å². The van der Waals surface area contributed by atoms with Gasteiger partial charge in [0, 0.05) is 0 Å². The number of benzene rings is 2. The molecule has 1 N–H and O–H groups in total. The van der Waals surface area contributed by atoms with Crippen molar-refractivity contribution in [3.63, 3.8) is 0 Å². The first-order chi connectivity index (χ1) is 10.1. The van der Waals surface area contributed by atoms with Gasteiger partial charge in [0.25, 0.3) is 0 Å². The Labute approximate surface area is 126 Å². The van der Waals surface area contributed by atoms with Crippen LogP contribution < -0.4 is 4.74 Å². The van der Waals surface area contributed by atoms with Crippen LogP contribution in [0.15, 0.2) is 42.5 Å². The predicted octanol–water partition coefficient (Wildman–Crippen LogP) is 4.12. The summed E-state index contributed by atoms with van der Waals surface area (Å²) in [5.41, 5.74) is 4.56. The Kier molecular flexibility index (Phi) is 3.98. The summed E-state index contributed by atoms with van der Waals surface area (Å²) in [6.45, 7) is 4.11. The van der Waals surface area contributed by atoms with Crippen LogP contribution in [0.1, 0.15) is 41.2 Å². The highest BCUT2D eigenvalue weighted by Gasteiger charge is 2.27. The van der Waals surface area contributed by atoms with Crippen molar-refractivity contribution in [3.05, 3.63) is 64.7 Å². The molecule has 0 spiro atoms. The largest absolute Gasteiger partial charge is 0.487 e. The average molecular weight is 282 g/mol. The van der Waals surface area contributed by atoms with Gasteiger partial charge in [0.2, 0.25) is 0 Å². The molecule has 2 unspecified atom stereocenters. The normalized spacial score (nSPS) is 21.5. The van der Waals surface area contributed by atoms with Gasteiger partial charge in [0.05, 0.1) is 0 Å². The lowest BCUT2D eigenvalue weighted by atomic mass is 10.00. The Balaban J connectivity index is 1.87. The quantitative estimate of drug-likeness (QED) is 0.840. The van der Waals surface area contributed by atoms with Crippen molar-refractivity contribution in [2.75, 3.05) is 0 Å². The van der Waals surface area contributed by atoms with Gasteiger partial charge in [-0.1, -0.05) is 36.4 Å². The van der Waals surface area contributed by atoms with Crippen molar-refractivity contribution < 1.29 is 9.84 Å². The van der Waals surface area contributed by atoms with Crippen molar-refractivity contribution in [1.82, 2.24) is 0 Å². The van der Waals surface area contributed by atoms with Gasteiger partial charge in [-0.15, -0.1) is 0 Å². The van der Waals surface area contributed by atoms with E-state index in [1.54, 1.807) is 0 Å². The molecule has 2 aromatic rings. The summed E-state index contributed by atoms with van der Waals surface area (Å²) < 4.78 is 6.17. The lowest BCUT2D eigenvalue weighted by Gasteiger charge is -2.24. The lowest BCUT2D eigenvalue weighted by Crippen LogP contribution is -2.25. The third kappa shape index (κ3) is 2.96. The van der Waals surface area contributed by atoms with Crippen LogP contribution in [-0.4, -0.2) is 11.2 Å². The number of hydrogen-bond acceptors (Lipinski definition) is 2. The number of aliphatic hydroxyl groups is 1. The molecule has 3 rings (SSSR count). The molecule has 2 aromatic carbocycles. The van der Waals surface area contributed by atoms with Crippen molar-refractivity contribution >= 4 is 0 Å². The molecule has 0 radical (unpaired) electrons. The summed E-state index contributed by atoms with van der Waals surface area (Å²) in [7, 11) is 0. The molecule has 2 heteroatoms. The summed E-state index contributed by atoms with van der Waals surface area (Å²) >= 11 is 0. The summed E-state index contributed by atoms with van der Waals surface area (Å²) in [6.07, 6.45) is 2.21. The molecule has 1 aliphatic rings. The van der Waals surface area contributed by atoms with E-state index in [1.165, 1.54) is 11.1 Å². The zero-order valence-corrected chi connectivity index (χ0v) is 12.7. The van der Waals surface area contributed by atoms with E-state index in [9.17, 15) is 5.11 Å². The maximum Gasteiger partial charge on any atom is 0.129 e. The van der Waals surface area contributed by atoms with E-state index in [0.717, 1.165) is 36.1 Å². The second-order valence-electron chi connectivity index (χ2n) is 5.96. The summed E-state index contributed by atoms with van der Waals surface area (Å²) in [5, 5.41) is 10.7. The van der Waals surface area contributed by atoms with E-state index in [0.29, 0.717) is 0 Å². The number of ether oxygens (including phenoxy) is 1. The number of aliphatic hydroxyl groups excluding tert-OH is 1. The van der Waals surface area contributed by atoms with Gasteiger partial charge < -0.3 is 9.84 Å². The smallest absolute Gasteiger partial charge is 0.129 e. The van der Waals surface area contributed by atoms with Crippen LogP contribution in [0.2, 0.25) is 0 Å². The molecule has 21 heavy (non-hydrogen) atoms. The first-order valence-electron chi connectivity index (χ1n) is 7.65. The molecule has 0 heterocycles. The van der Waals surface area contributed by atoms with Crippen LogP contribution >= 0.6 is 0 Å². The Morgan fingerprint density at radius 2 is 1.90 bits per heavy atom. The van der Waals surface area contributed by atoms with Crippen LogP contribution in [0.4, 0.5) is 0 Å². The zero-order chi connectivity index (χ0) is 14.8. The minimum Gasteiger partial charge on any atom is -0.487 e. The summed E-state index contributed by atoms with van der Waals surface area (Å²) in [5.74, 6) is 0.887. The highest BCUT2D eigenvalue weighted by Crippen LogP contribution is 2.32. The first-order valence-corrected chi connectivity index (χ1v) is 7.65. The van der Waals surface area contributed by atoms with Crippen molar-refractivity contribution in [3.8, 4) is 5.75 Å². The third-order valence-corrected chi connectivity index (χ3v) is 4.28. The van der Waals surface area contributed by atoms with Gasteiger partial charge in [0.1, 0.15) is 18.0 Å². The fourth-order valence-corrected chi connectivity index (χ4v) is 3.02. The van der Waals surface area contributed by atoms with Gasteiger partial charge in [0.15, 0.2) is 0 Å². The molecule has 0 saturated carbocycles. The van der Waals surface area contributed by atoms with E-state index in [2.05, 4.69) is 31.2 Å². The second-order valence-corrected chi connectivity index (χ2v) is 5.96. The van der Waals surface area contributed by atoms with E-state index < -0.39 is 6.10 Å². The number of aryl methyl sites for hydroxylation is 3. The Hall–Kier alpha value is -1.80. The van der Waals surface area contributed by atoms with Gasteiger partial charge in [-0.2, -0.15) is 0 Å². The van der Waals surface area contributed by atoms with E-state index in [1.807, 2.05) is 25.1 Å². The first kappa shape index (κ1) is 14.2. The Morgan fingerprint density at radius 3 is 2.76 bits per heavy atom. The predicted molar refractivity (Wildman–Crippen MR) is 84.7 cm³/mol. The Bertz CT molecular complexity index is 633. The molecule has 0 amide bonds. The fraction of sp³-hybridized carbons (Fsp3) is 0.368. The number of hydrogen-bond donors (Lipinski definition) is 1. The lowest BCUT2D eigenvalue weighted by molar-refractivity contribution is 0.0317.